The van der Waals surface area contributed by atoms with Crippen molar-refractivity contribution in [3.8, 4) is 0 Å². The lowest BCUT2D eigenvalue weighted by Gasteiger charge is -2.16. The van der Waals surface area contributed by atoms with Crippen molar-refractivity contribution < 1.29 is 23.9 Å². The zero-order chi connectivity index (χ0) is 27.2. The number of halogens is 1. The van der Waals surface area contributed by atoms with Gasteiger partial charge in [0, 0.05) is 17.2 Å². The summed E-state index contributed by atoms with van der Waals surface area (Å²) in [7, 11) is 0. The zero-order valence-corrected chi connectivity index (χ0v) is 22.7. The van der Waals surface area contributed by atoms with E-state index >= 15 is 0 Å². The van der Waals surface area contributed by atoms with Crippen LogP contribution in [0.4, 0.5) is 15.3 Å². The number of unbranched alkanes of at least 4 members (excludes halogenated alkanes) is 1. The topological polar surface area (TPSA) is 119 Å². The minimum absolute atomic E-state index is 0.0234. The summed E-state index contributed by atoms with van der Waals surface area (Å²) in [6, 6.07) is 20.5. The van der Waals surface area contributed by atoms with Crippen molar-refractivity contribution in [2.45, 2.75) is 32.3 Å². The van der Waals surface area contributed by atoms with E-state index in [-0.39, 0.29) is 19.1 Å². The quantitative estimate of drug-likeness (QED) is 0.238. The van der Waals surface area contributed by atoms with Crippen LogP contribution < -0.4 is 16.0 Å². The fourth-order valence-electron chi connectivity index (χ4n) is 3.48. The predicted molar refractivity (Wildman–Crippen MR) is 148 cm³/mol. The molecule has 0 saturated heterocycles. The number of nitrogens with one attached hydrogen (secondary N) is 3. The Kier molecular flexibility index (Phi) is 11.6. The number of rotatable bonds is 12. The lowest BCUT2D eigenvalue weighted by molar-refractivity contribution is 0.102. The molecule has 3 rings (SSSR count). The van der Waals surface area contributed by atoms with E-state index in [4.69, 9.17) is 9.47 Å². The van der Waals surface area contributed by atoms with Gasteiger partial charge in [-0.05, 0) is 77.5 Å². The molecule has 0 radical (unpaired) electrons. The van der Waals surface area contributed by atoms with Crippen LogP contribution in [0.2, 0.25) is 0 Å². The third-order valence-electron chi connectivity index (χ3n) is 5.50. The van der Waals surface area contributed by atoms with E-state index in [0.29, 0.717) is 22.4 Å². The SMILES string of the molecule is CC(OC(=O)NCCOC(=O)NCCCCc1ccccc1)c1ccc(NC(=O)c2ccccn2)c(Br)c1. The summed E-state index contributed by atoms with van der Waals surface area (Å²) in [4.78, 5) is 40.2. The molecule has 0 bridgehead atoms. The van der Waals surface area contributed by atoms with Crippen molar-refractivity contribution in [3.05, 3.63) is 94.2 Å². The van der Waals surface area contributed by atoms with Gasteiger partial charge in [0.1, 0.15) is 18.4 Å². The van der Waals surface area contributed by atoms with Gasteiger partial charge in [0.2, 0.25) is 0 Å². The lowest BCUT2D eigenvalue weighted by atomic mass is 10.1. The molecule has 2 aromatic carbocycles. The third-order valence-corrected chi connectivity index (χ3v) is 6.16. The monoisotopic (exact) mass is 582 g/mol. The van der Waals surface area contributed by atoms with Crippen LogP contribution in [0.15, 0.2) is 77.4 Å². The maximum Gasteiger partial charge on any atom is 0.407 e. The van der Waals surface area contributed by atoms with Gasteiger partial charge in [0.05, 0.1) is 12.2 Å². The van der Waals surface area contributed by atoms with Gasteiger partial charge in [0.25, 0.3) is 5.91 Å². The van der Waals surface area contributed by atoms with Crippen LogP contribution >= 0.6 is 15.9 Å². The number of hydrogen-bond donors (Lipinski definition) is 3. The number of alkyl carbamates (subject to hydrolysis) is 2. The predicted octanol–water partition coefficient (Wildman–Crippen LogP) is 5.63. The molecule has 38 heavy (non-hydrogen) atoms. The number of carbonyl (C=O) groups is 3. The van der Waals surface area contributed by atoms with Crippen molar-refractivity contribution in [2.75, 3.05) is 25.0 Å². The highest BCUT2D eigenvalue weighted by atomic mass is 79.9. The van der Waals surface area contributed by atoms with Crippen molar-refractivity contribution in [1.82, 2.24) is 15.6 Å². The minimum Gasteiger partial charge on any atom is -0.448 e. The number of pyridine rings is 1. The summed E-state index contributed by atoms with van der Waals surface area (Å²) in [6.07, 6.45) is 2.62. The van der Waals surface area contributed by atoms with Crippen LogP contribution in [0.5, 0.6) is 0 Å². The van der Waals surface area contributed by atoms with E-state index in [1.165, 1.54) is 5.56 Å². The molecule has 3 amide bonds. The highest BCUT2D eigenvalue weighted by Crippen LogP contribution is 2.28. The van der Waals surface area contributed by atoms with Gasteiger partial charge in [-0.25, -0.2) is 9.59 Å². The molecule has 3 N–H and O–H groups in total. The van der Waals surface area contributed by atoms with Crippen molar-refractivity contribution in [3.63, 3.8) is 0 Å². The number of aromatic nitrogens is 1. The second-order valence-electron chi connectivity index (χ2n) is 8.39. The molecule has 0 fully saturated rings. The molecule has 0 spiro atoms. The largest absolute Gasteiger partial charge is 0.448 e. The number of aryl methyl sites for hydroxylation is 1. The zero-order valence-electron chi connectivity index (χ0n) is 21.1. The van der Waals surface area contributed by atoms with E-state index in [2.05, 4.69) is 49.0 Å². The Bertz CT molecular complexity index is 1190. The first-order valence-corrected chi connectivity index (χ1v) is 13.1. The number of amides is 3. The van der Waals surface area contributed by atoms with Crippen molar-refractivity contribution in [1.29, 1.82) is 0 Å². The standard InChI is InChI=1S/C28H31BrN4O5/c1-20(22-13-14-24(23(29)19-22)33-26(34)25-12-6-8-15-30-25)38-28(36)32-17-18-37-27(35)31-16-7-5-11-21-9-3-2-4-10-21/h2-4,6,8-10,12-15,19-20H,5,7,11,16-18H2,1H3,(H,31,35)(H,32,36)(H,33,34). The van der Waals surface area contributed by atoms with Gasteiger partial charge in [-0.3, -0.25) is 9.78 Å². The van der Waals surface area contributed by atoms with E-state index in [0.717, 1.165) is 24.8 Å². The molecule has 0 aliphatic carbocycles. The molecule has 0 aliphatic rings. The number of anilines is 1. The average Bonchev–Trinajstić information content (AvgIpc) is 2.93. The van der Waals surface area contributed by atoms with Crippen LogP contribution in [0.1, 0.15) is 47.5 Å². The fourth-order valence-corrected chi connectivity index (χ4v) is 3.97. The van der Waals surface area contributed by atoms with E-state index in [1.54, 1.807) is 49.5 Å². The van der Waals surface area contributed by atoms with Crippen LogP contribution in [0, 0.1) is 0 Å². The first-order chi connectivity index (χ1) is 18.4. The summed E-state index contributed by atoms with van der Waals surface area (Å²) < 4.78 is 11.1. The number of ether oxygens (including phenoxy) is 2. The van der Waals surface area contributed by atoms with Gasteiger partial charge in [-0.2, -0.15) is 0 Å². The molecule has 1 unspecified atom stereocenters. The third kappa shape index (κ3) is 9.85. The number of carbonyl (C=O) groups excluding carboxylic acids is 3. The number of hydrogen-bond acceptors (Lipinski definition) is 6. The Labute approximate surface area is 230 Å². The first kappa shape index (κ1) is 28.6. The number of benzene rings is 2. The van der Waals surface area contributed by atoms with Gasteiger partial charge in [0.15, 0.2) is 0 Å². The second kappa shape index (κ2) is 15.4. The number of nitrogens with zero attached hydrogens (tertiary/aromatic N) is 1. The molecule has 1 atom stereocenters. The van der Waals surface area contributed by atoms with Crippen molar-refractivity contribution in [2.24, 2.45) is 0 Å². The maximum atomic E-state index is 12.3. The van der Waals surface area contributed by atoms with Crippen LogP contribution in [-0.4, -0.2) is 42.8 Å². The average molecular weight is 583 g/mol. The normalized spacial score (nSPS) is 11.2. The Morgan fingerprint density at radius 1 is 0.921 bits per heavy atom. The summed E-state index contributed by atoms with van der Waals surface area (Å²) in [5.41, 5.74) is 2.87. The van der Waals surface area contributed by atoms with E-state index in [9.17, 15) is 14.4 Å². The molecule has 10 heteroatoms. The Hall–Kier alpha value is -3.92. The molecule has 1 aromatic heterocycles. The lowest BCUT2D eigenvalue weighted by Crippen LogP contribution is -2.32. The summed E-state index contributed by atoms with van der Waals surface area (Å²) in [5, 5.41) is 8.05. The van der Waals surface area contributed by atoms with Gasteiger partial charge >= 0.3 is 12.2 Å². The van der Waals surface area contributed by atoms with E-state index in [1.807, 2.05) is 18.2 Å². The van der Waals surface area contributed by atoms with Gasteiger partial charge in [-0.15, -0.1) is 0 Å². The summed E-state index contributed by atoms with van der Waals surface area (Å²) in [6.45, 7) is 2.40. The van der Waals surface area contributed by atoms with Crippen LogP contribution in [-0.2, 0) is 15.9 Å². The highest BCUT2D eigenvalue weighted by molar-refractivity contribution is 9.10. The molecule has 1 heterocycles. The molecule has 0 saturated carbocycles. The van der Waals surface area contributed by atoms with Crippen LogP contribution in [0.3, 0.4) is 0 Å². The summed E-state index contributed by atoms with van der Waals surface area (Å²) in [5.74, 6) is -0.332. The van der Waals surface area contributed by atoms with Crippen molar-refractivity contribution >= 4 is 39.7 Å². The molecular weight excluding hydrogens is 552 g/mol. The van der Waals surface area contributed by atoms with Gasteiger partial charge < -0.3 is 25.4 Å². The second-order valence-corrected chi connectivity index (χ2v) is 9.24. The van der Waals surface area contributed by atoms with Crippen LogP contribution in [0.25, 0.3) is 0 Å². The Morgan fingerprint density at radius 3 is 2.42 bits per heavy atom. The fraction of sp³-hybridized carbons (Fsp3) is 0.286. The molecule has 3 aromatic rings. The highest BCUT2D eigenvalue weighted by Gasteiger charge is 2.15. The molecule has 0 aliphatic heterocycles. The van der Waals surface area contributed by atoms with E-state index < -0.39 is 18.3 Å². The molecule has 200 valence electrons. The van der Waals surface area contributed by atoms with Gasteiger partial charge in [-0.1, -0.05) is 42.5 Å². The Balaban J connectivity index is 1.29. The minimum atomic E-state index is -0.633. The Morgan fingerprint density at radius 2 is 1.68 bits per heavy atom. The maximum absolute atomic E-state index is 12.3. The summed E-state index contributed by atoms with van der Waals surface area (Å²) >= 11 is 3.44. The molecule has 9 nitrogen and oxygen atoms in total. The first-order valence-electron chi connectivity index (χ1n) is 12.3. The molecular formula is C28H31BrN4O5. The smallest absolute Gasteiger partial charge is 0.407 e.